The van der Waals surface area contributed by atoms with E-state index in [4.69, 9.17) is 23.2 Å². The van der Waals surface area contributed by atoms with E-state index in [1.165, 1.54) is 4.90 Å². The number of hydrogen-bond donors (Lipinski definition) is 0. The summed E-state index contributed by atoms with van der Waals surface area (Å²) in [5.41, 5.74) is 1.40. The minimum absolute atomic E-state index is 0.621. The number of nitrogens with zero attached hydrogens (tertiary/aromatic N) is 1. The maximum Gasteiger partial charge on any atom is 0.321 e. The number of amides is 1. The van der Waals surface area contributed by atoms with Crippen molar-refractivity contribution < 1.29 is 4.79 Å². The molecule has 0 atom stereocenters. The van der Waals surface area contributed by atoms with Gasteiger partial charge in [0.2, 0.25) is 0 Å². The highest BCUT2D eigenvalue weighted by molar-refractivity contribution is 6.31. The van der Waals surface area contributed by atoms with Crippen molar-refractivity contribution in [2.75, 3.05) is 4.90 Å². The monoisotopic (exact) mass is 264 g/mol. The highest BCUT2D eigenvalue weighted by Crippen LogP contribution is 2.26. The van der Waals surface area contributed by atoms with Crippen LogP contribution in [0.15, 0.2) is 48.5 Å². The summed E-state index contributed by atoms with van der Waals surface area (Å²) in [5, 5.41) is 1.24. The largest absolute Gasteiger partial charge is 0.321 e. The molecule has 0 saturated heterocycles. The van der Waals surface area contributed by atoms with Gasteiger partial charge in [-0.15, -0.1) is 0 Å². The van der Waals surface area contributed by atoms with Gasteiger partial charge in [0.25, 0.3) is 0 Å². The molecule has 0 aliphatic carbocycles. The van der Waals surface area contributed by atoms with Crippen LogP contribution >= 0.6 is 23.2 Å². The van der Waals surface area contributed by atoms with Crippen LogP contribution in [0.4, 0.5) is 11.4 Å². The quantitative estimate of drug-likeness (QED) is 0.761. The standard InChI is InChI=1S/C13H8Cl2NO/c14-10-1-5-12(6-2-10)16(9-17)13-7-3-11(15)4-8-13/h1-8H. The molecule has 2 aromatic carbocycles. The number of rotatable bonds is 3. The van der Waals surface area contributed by atoms with Crippen LogP contribution in [0.1, 0.15) is 0 Å². The van der Waals surface area contributed by atoms with Crippen LogP contribution in [0, 0.1) is 0 Å². The first-order valence-corrected chi connectivity index (χ1v) is 5.65. The van der Waals surface area contributed by atoms with Gasteiger partial charge in [0.15, 0.2) is 0 Å². The van der Waals surface area contributed by atoms with Crippen molar-refractivity contribution in [1.82, 2.24) is 0 Å². The number of carbonyl (C=O) groups excluding carboxylic acids is 1. The highest BCUT2D eigenvalue weighted by Gasteiger charge is 2.08. The molecule has 0 fully saturated rings. The highest BCUT2D eigenvalue weighted by atomic mass is 35.5. The topological polar surface area (TPSA) is 20.3 Å². The third kappa shape index (κ3) is 2.78. The van der Waals surface area contributed by atoms with E-state index in [1.54, 1.807) is 48.5 Å². The summed E-state index contributed by atoms with van der Waals surface area (Å²) in [4.78, 5) is 12.4. The second-order valence-corrected chi connectivity index (χ2v) is 4.25. The lowest BCUT2D eigenvalue weighted by molar-refractivity contribution is 0.556. The van der Waals surface area contributed by atoms with E-state index in [0.29, 0.717) is 21.4 Å². The molecule has 0 unspecified atom stereocenters. The molecule has 2 aromatic rings. The Morgan fingerprint density at radius 3 is 1.41 bits per heavy atom. The molecule has 1 amide bonds. The first-order chi connectivity index (χ1) is 8.20. The van der Waals surface area contributed by atoms with E-state index >= 15 is 0 Å². The Bertz CT molecular complexity index is 462. The van der Waals surface area contributed by atoms with Crippen molar-refractivity contribution in [1.29, 1.82) is 0 Å². The van der Waals surface area contributed by atoms with Gasteiger partial charge in [-0.05, 0) is 48.5 Å². The lowest BCUT2D eigenvalue weighted by Gasteiger charge is -2.16. The fourth-order valence-electron chi connectivity index (χ4n) is 1.43. The summed E-state index contributed by atoms with van der Waals surface area (Å²) >= 11 is 11.6. The number of hydrogen-bond acceptors (Lipinski definition) is 1. The van der Waals surface area contributed by atoms with Crippen LogP contribution < -0.4 is 4.90 Å². The second-order valence-electron chi connectivity index (χ2n) is 3.38. The van der Waals surface area contributed by atoms with Crippen molar-refractivity contribution in [2.45, 2.75) is 0 Å². The molecule has 0 N–H and O–H groups in total. The molecule has 0 heterocycles. The third-order valence-corrected chi connectivity index (χ3v) is 2.76. The van der Waals surface area contributed by atoms with Crippen LogP contribution in [0.2, 0.25) is 10.0 Å². The Kier molecular flexibility index (Phi) is 3.67. The number of anilines is 2. The maximum atomic E-state index is 11.0. The average Bonchev–Trinajstić information content (AvgIpc) is 2.35. The maximum absolute atomic E-state index is 11.0. The molecule has 0 aliphatic heterocycles. The van der Waals surface area contributed by atoms with E-state index in [9.17, 15) is 4.79 Å². The van der Waals surface area contributed by atoms with E-state index < -0.39 is 0 Å². The van der Waals surface area contributed by atoms with Crippen LogP contribution in [0.5, 0.6) is 0 Å². The molecule has 2 rings (SSSR count). The summed E-state index contributed by atoms with van der Waals surface area (Å²) in [6, 6.07) is 13.9. The molecule has 2 nitrogen and oxygen atoms in total. The Morgan fingerprint density at radius 1 is 0.765 bits per heavy atom. The average molecular weight is 265 g/mol. The van der Waals surface area contributed by atoms with Gasteiger partial charge in [0.05, 0.1) is 0 Å². The predicted octanol–water partition coefficient (Wildman–Crippen LogP) is 4.20. The fourth-order valence-corrected chi connectivity index (χ4v) is 1.69. The molecule has 1 radical (unpaired) electrons. The van der Waals surface area contributed by atoms with E-state index in [2.05, 4.69) is 0 Å². The molecule has 0 saturated carbocycles. The van der Waals surface area contributed by atoms with E-state index in [-0.39, 0.29) is 0 Å². The van der Waals surface area contributed by atoms with Crippen molar-refractivity contribution in [3.63, 3.8) is 0 Å². The summed E-state index contributed by atoms with van der Waals surface area (Å²) < 4.78 is 0. The Hall–Kier alpha value is -1.51. The van der Waals surface area contributed by atoms with Gasteiger partial charge in [-0.2, -0.15) is 0 Å². The molecule has 0 aromatic heterocycles. The summed E-state index contributed by atoms with van der Waals surface area (Å²) in [6.45, 7) is 0. The summed E-state index contributed by atoms with van der Waals surface area (Å²) in [7, 11) is 0. The molecular formula is C13H8Cl2NO. The van der Waals surface area contributed by atoms with Gasteiger partial charge < -0.3 is 0 Å². The fraction of sp³-hybridized carbons (Fsp3) is 0. The van der Waals surface area contributed by atoms with Gasteiger partial charge in [-0.1, -0.05) is 23.2 Å². The second kappa shape index (κ2) is 5.21. The van der Waals surface area contributed by atoms with Gasteiger partial charge in [-0.3, -0.25) is 9.69 Å². The first-order valence-electron chi connectivity index (χ1n) is 4.90. The minimum atomic E-state index is 0.621. The van der Waals surface area contributed by atoms with Crippen molar-refractivity contribution in [2.24, 2.45) is 0 Å². The number of benzene rings is 2. The van der Waals surface area contributed by atoms with E-state index in [0.717, 1.165) is 0 Å². The van der Waals surface area contributed by atoms with Crippen molar-refractivity contribution in [3.05, 3.63) is 58.6 Å². The smallest absolute Gasteiger partial charge is 0.273 e. The number of halogens is 2. The zero-order chi connectivity index (χ0) is 12.3. The molecule has 0 aliphatic rings. The van der Waals surface area contributed by atoms with Crippen molar-refractivity contribution in [3.8, 4) is 0 Å². The molecule has 0 spiro atoms. The van der Waals surface area contributed by atoms with Gasteiger partial charge in [0, 0.05) is 21.4 Å². The zero-order valence-corrected chi connectivity index (χ0v) is 10.2. The minimum Gasteiger partial charge on any atom is -0.273 e. The first kappa shape index (κ1) is 12.0. The molecule has 0 bridgehead atoms. The Labute approximate surface area is 109 Å². The third-order valence-electron chi connectivity index (χ3n) is 2.26. The lowest BCUT2D eigenvalue weighted by Crippen LogP contribution is -2.13. The van der Waals surface area contributed by atoms with Crippen LogP contribution in [-0.4, -0.2) is 6.41 Å². The van der Waals surface area contributed by atoms with Crippen LogP contribution in [-0.2, 0) is 4.79 Å². The Balaban J connectivity index is 2.36. The van der Waals surface area contributed by atoms with Crippen LogP contribution in [0.3, 0.4) is 0 Å². The van der Waals surface area contributed by atoms with Gasteiger partial charge in [0.1, 0.15) is 0 Å². The Morgan fingerprint density at radius 2 is 1.12 bits per heavy atom. The SMILES string of the molecule is O=[C]N(c1ccc(Cl)cc1)c1ccc(Cl)cc1. The molecular weight excluding hydrogens is 257 g/mol. The van der Waals surface area contributed by atoms with Gasteiger partial charge >= 0.3 is 6.41 Å². The van der Waals surface area contributed by atoms with Crippen molar-refractivity contribution >= 4 is 41.0 Å². The zero-order valence-electron chi connectivity index (χ0n) is 8.73. The molecule has 17 heavy (non-hydrogen) atoms. The van der Waals surface area contributed by atoms with Crippen LogP contribution in [0.25, 0.3) is 0 Å². The predicted molar refractivity (Wildman–Crippen MR) is 70.7 cm³/mol. The molecule has 4 heteroatoms. The normalized spacial score (nSPS) is 10.0. The van der Waals surface area contributed by atoms with E-state index in [1.807, 2.05) is 6.41 Å². The summed E-state index contributed by atoms with van der Waals surface area (Å²) in [5.74, 6) is 0. The van der Waals surface area contributed by atoms with Gasteiger partial charge in [-0.25, -0.2) is 0 Å². The lowest BCUT2D eigenvalue weighted by atomic mass is 10.2. The summed E-state index contributed by atoms with van der Waals surface area (Å²) in [6.07, 6.45) is 1.87. The molecule has 85 valence electrons.